The number of rotatable bonds is 5. The van der Waals surface area contributed by atoms with Gasteiger partial charge in [-0.25, -0.2) is 0 Å². The Balaban J connectivity index is 0.00000264. The number of likely N-dealkylation sites (tertiary alicyclic amines) is 1. The first-order chi connectivity index (χ1) is 10.6. The van der Waals surface area contributed by atoms with Crippen molar-refractivity contribution in [2.45, 2.75) is 32.2 Å². The molecule has 1 saturated heterocycles. The van der Waals surface area contributed by atoms with Gasteiger partial charge in [0.05, 0.1) is 5.92 Å². The molecule has 6 heteroatoms. The molecular weight excluding hydrogens is 314 g/mol. The molecule has 128 valence electrons. The Morgan fingerprint density at radius 3 is 2.70 bits per heavy atom. The van der Waals surface area contributed by atoms with Crippen molar-refractivity contribution in [3.63, 3.8) is 0 Å². The minimum atomic E-state index is -0.116. The van der Waals surface area contributed by atoms with Gasteiger partial charge in [-0.05, 0) is 38.3 Å². The molecule has 5 nitrogen and oxygen atoms in total. The summed E-state index contributed by atoms with van der Waals surface area (Å²) in [6.45, 7) is 3.74. The number of nitrogens with one attached hydrogen (secondary N) is 1. The van der Waals surface area contributed by atoms with Gasteiger partial charge in [0.2, 0.25) is 5.91 Å². The van der Waals surface area contributed by atoms with Crippen molar-refractivity contribution < 1.29 is 9.59 Å². The number of carbonyl (C=O) groups is 2. The van der Waals surface area contributed by atoms with E-state index in [-0.39, 0.29) is 36.2 Å². The van der Waals surface area contributed by atoms with E-state index in [0.29, 0.717) is 18.7 Å². The maximum Gasteiger partial charge on any atom is 0.253 e. The van der Waals surface area contributed by atoms with E-state index in [9.17, 15) is 9.59 Å². The fourth-order valence-corrected chi connectivity index (χ4v) is 2.71. The van der Waals surface area contributed by atoms with Gasteiger partial charge in [0.25, 0.3) is 5.91 Å². The van der Waals surface area contributed by atoms with Gasteiger partial charge in [-0.1, -0.05) is 18.2 Å². The minimum Gasteiger partial charge on any atom is -0.356 e. The quantitative estimate of drug-likeness (QED) is 0.859. The molecule has 0 saturated carbocycles. The molecule has 2 amide bonds. The first kappa shape index (κ1) is 19.5. The topological polar surface area (TPSA) is 75.4 Å². The molecule has 1 fully saturated rings. The fraction of sp³-hybridized carbons (Fsp3) is 0.529. The second kappa shape index (κ2) is 9.53. The van der Waals surface area contributed by atoms with Crippen molar-refractivity contribution in [2.75, 3.05) is 19.6 Å². The van der Waals surface area contributed by atoms with Gasteiger partial charge in [-0.2, -0.15) is 0 Å². The summed E-state index contributed by atoms with van der Waals surface area (Å²) in [6.07, 6.45) is 2.47. The lowest BCUT2D eigenvalue weighted by Crippen LogP contribution is -2.45. The number of nitrogens with zero attached hydrogens (tertiary/aromatic N) is 1. The number of benzene rings is 1. The van der Waals surface area contributed by atoms with Crippen LogP contribution in [0.1, 0.15) is 36.5 Å². The number of nitrogens with two attached hydrogens (primary N) is 1. The van der Waals surface area contributed by atoms with Crippen LogP contribution in [0.4, 0.5) is 0 Å². The smallest absolute Gasteiger partial charge is 0.253 e. The van der Waals surface area contributed by atoms with Crippen LogP contribution in [-0.2, 0) is 4.79 Å². The molecule has 1 aromatic rings. The lowest BCUT2D eigenvalue weighted by molar-refractivity contribution is -0.126. The van der Waals surface area contributed by atoms with Crippen LogP contribution in [0.3, 0.4) is 0 Å². The second-order valence-corrected chi connectivity index (χ2v) is 6.01. The Kier molecular flexibility index (Phi) is 8.06. The molecule has 1 aliphatic heterocycles. The average Bonchev–Trinajstić information content (AvgIpc) is 2.54. The molecular formula is C17H26ClN3O2. The van der Waals surface area contributed by atoms with Gasteiger partial charge < -0.3 is 16.0 Å². The maximum absolute atomic E-state index is 12.4. The number of hydrogen-bond donors (Lipinski definition) is 2. The van der Waals surface area contributed by atoms with Crippen molar-refractivity contribution in [1.29, 1.82) is 0 Å². The third kappa shape index (κ3) is 5.84. The van der Waals surface area contributed by atoms with Gasteiger partial charge in [-0.3, -0.25) is 9.59 Å². The summed E-state index contributed by atoms with van der Waals surface area (Å²) >= 11 is 0. The predicted octanol–water partition coefficient (Wildman–Crippen LogP) is 1.81. The van der Waals surface area contributed by atoms with Gasteiger partial charge in [0, 0.05) is 31.2 Å². The summed E-state index contributed by atoms with van der Waals surface area (Å²) in [6, 6.07) is 9.32. The van der Waals surface area contributed by atoms with E-state index in [1.807, 2.05) is 37.3 Å². The van der Waals surface area contributed by atoms with Crippen LogP contribution >= 0.6 is 12.4 Å². The van der Waals surface area contributed by atoms with Gasteiger partial charge in [0.1, 0.15) is 0 Å². The SMILES string of the molecule is CC(N)CCNC(=O)C1CCCN(C(=O)c2ccccc2)C1.Cl. The molecule has 2 unspecified atom stereocenters. The third-order valence-electron chi connectivity index (χ3n) is 4.00. The number of halogens is 1. The minimum absolute atomic E-state index is 0. The molecule has 2 rings (SSSR count). The molecule has 3 N–H and O–H groups in total. The molecule has 0 aliphatic carbocycles. The van der Waals surface area contributed by atoms with E-state index in [1.165, 1.54) is 0 Å². The summed E-state index contributed by atoms with van der Waals surface area (Å²) in [4.78, 5) is 26.4. The Hall–Kier alpha value is -1.59. The Bertz CT molecular complexity index is 508. The van der Waals surface area contributed by atoms with Crippen LogP contribution in [0.5, 0.6) is 0 Å². The second-order valence-electron chi connectivity index (χ2n) is 6.01. The highest BCUT2D eigenvalue weighted by Gasteiger charge is 2.28. The van der Waals surface area contributed by atoms with Crippen LogP contribution in [0.2, 0.25) is 0 Å². The highest BCUT2D eigenvalue weighted by Crippen LogP contribution is 2.18. The Morgan fingerprint density at radius 1 is 1.35 bits per heavy atom. The first-order valence-electron chi connectivity index (χ1n) is 7.95. The number of piperidine rings is 1. The summed E-state index contributed by atoms with van der Waals surface area (Å²) in [5.74, 6) is -0.0746. The molecule has 2 atom stereocenters. The van der Waals surface area contributed by atoms with Crippen molar-refractivity contribution in [2.24, 2.45) is 11.7 Å². The standard InChI is InChI=1S/C17H25N3O2.ClH/c1-13(18)9-10-19-16(21)15-8-5-11-20(12-15)17(22)14-6-3-2-4-7-14;/h2-4,6-7,13,15H,5,8-12,18H2,1H3,(H,19,21);1H. The molecule has 1 aliphatic rings. The van der Waals surface area contributed by atoms with E-state index in [4.69, 9.17) is 5.73 Å². The van der Waals surface area contributed by atoms with Crippen LogP contribution in [0.25, 0.3) is 0 Å². The monoisotopic (exact) mass is 339 g/mol. The zero-order chi connectivity index (χ0) is 15.9. The predicted molar refractivity (Wildman–Crippen MR) is 93.6 cm³/mol. The maximum atomic E-state index is 12.4. The van der Waals surface area contributed by atoms with Crippen molar-refractivity contribution >= 4 is 24.2 Å². The van der Waals surface area contributed by atoms with E-state index in [0.717, 1.165) is 25.8 Å². The van der Waals surface area contributed by atoms with E-state index in [2.05, 4.69) is 5.32 Å². The number of hydrogen-bond acceptors (Lipinski definition) is 3. The fourth-order valence-electron chi connectivity index (χ4n) is 2.71. The van der Waals surface area contributed by atoms with Crippen molar-refractivity contribution in [3.8, 4) is 0 Å². The lowest BCUT2D eigenvalue weighted by atomic mass is 9.96. The zero-order valence-corrected chi connectivity index (χ0v) is 14.3. The summed E-state index contributed by atoms with van der Waals surface area (Å²) in [5.41, 5.74) is 6.36. The zero-order valence-electron chi connectivity index (χ0n) is 13.5. The van der Waals surface area contributed by atoms with Gasteiger partial charge in [-0.15, -0.1) is 12.4 Å². The Labute approximate surface area is 144 Å². The largest absolute Gasteiger partial charge is 0.356 e. The molecule has 1 heterocycles. The summed E-state index contributed by atoms with van der Waals surface area (Å²) in [5, 5.41) is 2.93. The van der Waals surface area contributed by atoms with E-state index in [1.54, 1.807) is 4.90 Å². The third-order valence-corrected chi connectivity index (χ3v) is 4.00. The van der Waals surface area contributed by atoms with E-state index >= 15 is 0 Å². The van der Waals surface area contributed by atoms with Crippen LogP contribution in [0.15, 0.2) is 30.3 Å². The number of amides is 2. The average molecular weight is 340 g/mol. The normalized spacial score (nSPS) is 18.7. The highest BCUT2D eigenvalue weighted by molar-refractivity contribution is 5.94. The number of carbonyl (C=O) groups excluding carboxylic acids is 2. The molecule has 0 spiro atoms. The summed E-state index contributed by atoms with van der Waals surface area (Å²) < 4.78 is 0. The lowest BCUT2D eigenvalue weighted by Gasteiger charge is -2.32. The van der Waals surface area contributed by atoms with Crippen LogP contribution in [0, 0.1) is 5.92 Å². The van der Waals surface area contributed by atoms with Crippen molar-refractivity contribution in [3.05, 3.63) is 35.9 Å². The highest BCUT2D eigenvalue weighted by atomic mass is 35.5. The van der Waals surface area contributed by atoms with Gasteiger partial charge in [0.15, 0.2) is 0 Å². The van der Waals surface area contributed by atoms with Crippen LogP contribution in [-0.4, -0.2) is 42.4 Å². The molecule has 1 aromatic carbocycles. The molecule has 0 radical (unpaired) electrons. The molecule has 23 heavy (non-hydrogen) atoms. The molecule has 0 bridgehead atoms. The first-order valence-corrected chi connectivity index (χ1v) is 7.95. The van der Waals surface area contributed by atoms with E-state index < -0.39 is 0 Å². The van der Waals surface area contributed by atoms with Crippen LogP contribution < -0.4 is 11.1 Å². The van der Waals surface area contributed by atoms with Crippen molar-refractivity contribution in [1.82, 2.24) is 10.2 Å². The summed E-state index contributed by atoms with van der Waals surface area (Å²) in [7, 11) is 0. The Morgan fingerprint density at radius 2 is 2.04 bits per heavy atom. The van der Waals surface area contributed by atoms with Gasteiger partial charge >= 0.3 is 0 Å². The molecule has 0 aromatic heterocycles.